The van der Waals surface area contributed by atoms with Crippen LogP contribution in [0.2, 0.25) is 0 Å². The molecular formula is C36H45N5O5. The van der Waals surface area contributed by atoms with Gasteiger partial charge in [-0.1, -0.05) is 92.4 Å². The lowest BCUT2D eigenvalue weighted by Crippen LogP contribution is -2.48. The lowest BCUT2D eigenvalue weighted by atomic mass is 9.92. The van der Waals surface area contributed by atoms with E-state index in [1.165, 1.54) is 10.7 Å². The van der Waals surface area contributed by atoms with Crippen LogP contribution >= 0.6 is 0 Å². The molecule has 2 fully saturated rings. The molecule has 1 heterocycles. The Morgan fingerprint density at radius 3 is 1.89 bits per heavy atom. The maximum Gasteiger partial charge on any atom is 0.272 e. The monoisotopic (exact) mass is 627 g/mol. The number of nitrogens with one attached hydrogen (secondary N) is 3. The number of nitrogens with zero attached hydrogens (tertiary/aromatic N) is 2. The van der Waals surface area contributed by atoms with E-state index in [9.17, 15) is 14.4 Å². The van der Waals surface area contributed by atoms with E-state index in [-0.39, 0.29) is 54.7 Å². The fraction of sp³-hybridized carbons (Fsp3) is 0.444. The van der Waals surface area contributed by atoms with Gasteiger partial charge in [0.1, 0.15) is 12.2 Å². The molecule has 10 heteroatoms. The molecule has 3 amide bonds. The molecule has 2 aliphatic rings. The number of aromatic nitrogens is 2. The van der Waals surface area contributed by atoms with Crippen molar-refractivity contribution >= 4 is 17.7 Å². The van der Waals surface area contributed by atoms with Crippen molar-refractivity contribution in [1.29, 1.82) is 0 Å². The van der Waals surface area contributed by atoms with Crippen LogP contribution in [0.1, 0.15) is 83.5 Å². The second-order valence-corrected chi connectivity index (χ2v) is 12.1. The predicted octanol–water partition coefficient (Wildman–Crippen LogP) is 4.70. The molecule has 10 nitrogen and oxygen atoms in total. The molecule has 2 aromatic carbocycles. The zero-order valence-corrected chi connectivity index (χ0v) is 26.4. The molecule has 3 N–H and O–H groups in total. The van der Waals surface area contributed by atoms with E-state index < -0.39 is 11.8 Å². The molecule has 2 aliphatic carbocycles. The topological polar surface area (TPSA) is 124 Å². The first-order chi connectivity index (χ1) is 22.5. The standard InChI is InChI=1S/C36H45N5O5/c1-2-21-37-35(43)30-22-31(36(44)39-29-18-10-12-20-33(29)46-25-27-15-7-4-8-16-27)41(40-30)23-34(42)38-28-17-9-11-19-32(28)45-24-26-13-5-3-6-14-26/h2-8,13-16,22,28-29,32-33H,1,9-12,17-21,23-25H2,(H,37,43)(H,38,42)(H,39,44)/t28-,29-,32-,33-/m0/s1. The van der Waals surface area contributed by atoms with Crippen LogP contribution in [-0.4, -0.2) is 58.3 Å². The van der Waals surface area contributed by atoms with Gasteiger partial charge in [0, 0.05) is 12.6 Å². The summed E-state index contributed by atoms with van der Waals surface area (Å²) in [7, 11) is 0. The average Bonchev–Trinajstić information content (AvgIpc) is 3.51. The lowest BCUT2D eigenvalue weighted by molar-refractivity contribution is -0.124. The number of benzene rings is 2. The lowest BCUT2D eigenvalue weighted by Gasteiger charge is -2.32. The Labute approximate surface area is 270 Å². The minimum atomic E-state index is -0.448. The normalized spacial score (nSPS) is 21.2. The van der Waals surface area contributed by atoms with Crippen LogP contribution in [0.15, 0.2) is 79.4 Å². The number of ether oxygens (including phenoxy) is 2. The molecule has 0 unspecified atom stereocenters. The number of carbonyl (C=O) groups excluding carboxylic acids is 3. The fourth-order valence-corrected chi connectivity index (χ4v) is 6.20. The first-order valence-electron chi connectivity index (χ1n) is 16.4. The van der Waals surface area contributed by atoms with Gasteiger partial charge in [-0.25, -0.2) is 4.68 Å². The third kappa shape index (κ3) is 9.37. The summed E-state index contributed by atoms with van der Waals surface area (Å²) in [4.78, 5) is 39.9. The smallest absolute Gasteiger partial charge is 0.272 e. The molecular weight excluding hydrogens is 582 g/mol. The second-order valence-electron chi connectivity index (χ2n) is 12.1. The molecule has 0 bridgehead atoms. The molecule has 2 saturated carbocycles. The molecule has 1 aromatic heterocycles. The van der Waals surface area contributed by atoms with Crippen molar-refractivity contribution in [3.63, 3.8) is 0 Å². The van der Waals surface area contributed by atoms with Gasteiger partial charge in [0.25, 0.3) is 11.8 Å². The Kier molecular flexibility index (Phi) is 12.1. The molecule has 0 saturated heterocycles. The van der Waals surface area contributed by atoms with Gasteiger partial charge < -0.3 is 25.4 Å². The van der Waals surface area contributed by atoms with Crippen molar-refractivity contribution in [3.05, 3.63) is 102 Å². The van der Waals surface area contributed by atoms with E-state index >= 15 is 0 Å². The van der Waals surface area contributed by atoms with Gasteiger partial charge in [-0.05, 0) is 36.8 Å². The van der Waals surface area contributed by atoms with Gasteiger partial charge in [0.05, 0.1) is 37.5 Å². The zero-order chi connectivity index (χ0) is 32.1. The Balaban J connectivity index is 1.26. The van der Waals surface area contributed by atoms with E-state index in [0.29, 0.717) is 13.2 Å². The second kappa shape index (κ2) is 16.9. The van der Waals surface area contributed by atoms with Crippen molar-refractivity contribution in [3.8, 4) is 0 Å². The quantitative estimate of drug-likeness (QED) is 0.223. The highest BCUT2D eigenvalue weighted by atomic mass is 16.5. The number of carbonyl (C=O) groups is 3. The number of hydrogen-bond donors (Lipinski definition) is 3. The highest BCUT2D eigenvalue weighted by Gasteiger charge is 2.31. The summed E-state index contributed by atoms with van der Waals surface area (Å²) in [5, 5.41) is 13.3. The first kappa shape index (κ1) is 33.1. The zero-order valence-electron chi connectivity index (χ0n) is 26.4. The molecule has 46 heavy (non-hydrogen) atoms. The molecule has 244 valence electrons. The van der Waals surface area contributed by atoms with E-state index in [2.05, 4.69) is 27.6 Å². The van der Waals surface area contributed by atoms with Crippen LogP contribution in [0.25, 0.3) is 0 Å². The Morgan fingerprint density at radius 1 is 0.783 bits per heavy atom. The maximum absolute atomic E-state index is 13.7. The van der Waals surface area contributed by atoms with Gasteiger partial charge in [0.2, 0.25) is 5.91 Å². The SMILES string of the molecule is C=CCNC(=O)c1cc(C(=O)N[C@H]2CCCC[C@@H]2OCc2ccccc2)n(CC(=O)N[C@H]2CCCC[C@@H]2OCc2ccccc2)n1. The Bertz CT molecular complexity index is 1440. The number of amides is 3. The maximum atomic E-state index is 13.7. The minimum Gasteiger partial charge on any atom is -0.371 e. The van der Waals surface area contributed by atoms with Crippen LogP contribution in [0.5, 0.6) is 0 Å². The van der Waals surface area contributed by atoms with Crippen molar-refractivity contribution in [2.24, 2.45) is 0 Å². The summed E-state index contributed by atoms with van der Waals surface area (Å²) in [6.07, 6.45) is 8.61. The highest BCUT2D eigenvalue weighted by Crippen LogP contribution is 2.24. The van der Waals surface area contributed by atoms with Gasteiger partial charge >= 0.3 is 0 Å². The van der Waals surface area contributed by atoms with Crippen LogP contribution in [0, 0.1) is 0 Å². The third-order valence-electron chi connectivity index (χ3n) is 8.63. The summed E-state index contributed by atoms with van der Waals surface area (Å²) >= 11 is 0. The van der Waals surface area contributed by atoms with Gasteiger partial charge in [-0.3, -0.25) is 14.4 Å². The van der Waals surface area contributed by atoms with Gasteiger partial charge in [-0.2, -0.15) is 5.10 Å². The number of rotatable bonds is 14. The van der Waals surface area contributed by atoms with Crippen LogP contribution in [0.3, 0.4) is 0 Å². The number of hydrogen-bond acceptors (Lipinski definition) is 6. The van der Waals surface area contributed by atoms with E-state index in [4.69, 9.17) is 9.47 Å². The van der Waals surface area contributed by atoms with E-state index in [1.54, 1.807) is 6.08 Å². The van der Waals surface area contributed by atoms with Crippen LogP contribution in [-0.2, 0) is 34.0 Å². The van der Waals surface area contributed by atoms with Crippen LogP contribution < -0.4 is 16.0 Å². The van der Waals surface area contributed by atoms with Gasteiger partial charge in [0.15, 0.2) is 5.69 Å². The third-order valence-corrected chi connectivity index (χ3v) is 8.63. The molecule has 0 aliphatic heterocycles. The summed E-state index contributed by atoms with van der Waals surface area (Å²) in [6, 6.07) is 21.0. The minimum absolute atomic E-state index is 0.0575. The molecule has 0 radical (unpaired) electrons. The Hall–Kier alpha value is -4.28. The first-order valence-corrected chi connectivity index (χ1v) is 16.4. The summed E-state index contributed by atoms with van der Waals surface area (Å²) < 4.78 is 13.8. The molecule has 0 spiro atoms. The van der Waals surface area contributed by atoms with E-state index in [0.717, 1.165) is 62.5 Å². The van der Waals surface area contributed by atoms with Crippen LogP contribution in [0.4, 0.5) is 0 Å². The summed E-state index contributed by atoms with van der Waals surface area (Å²) in [5.74, 6) is -1.14. The molecule has 4 atom stereocenters. The van der Waals surface area contributed by atoms with Crippen molar-refractivity contribution in [2.45, 2.75) is 95.4 Å². The fourth-order valence-electron chi connectivity index (χ4n) is 6.20. The van der Waals surface area contributed by atoms with Crippen molar-refractivity contribution < 1.29 is 23.9 Å². The molecule has 3 aromatic rings. The summed E-state index contributed by atoms with van der Waals surface area (Å²) in [5.41, 5.74) is 2.36. The Morgan fingerprint density at radius 2 is 1.33 bits per heavy atom. The van der Waals surface area contributed by atoms with Crippen molar-refractivity contribution in [2.75, 3.05) is 6.54 Å². The van der Waals surface area contributed by atoms with Gasteiger partial charge in [-0.15, -0.1) is 6.58 Å². The predicted molar refractivity (Wildman–Crippen MR) is 175 cm³/mol. The van der Waals surface area contributed by atoms with Crippen molar-refractivity contribution in [1.82, 2.24) is 25.7 Å². The molecule has 5 rings (SSSR count). The largest absolute Gasteiger partial charge is 0.371 e. The highest BCUT2D eigenvalue weighted by molar-refractivity contribution is 5.98. The average molecular weight is 628 g/mol. The summed E-state index contributed by atoms with van der Waals surface area (Å²) in [6.45, 7) is 4.61. The van der Waals surface area contributed by atoms with E-state index in [1.807, 2.05) is 60.7 Å².